The highest BCUT2D eigenvalue weighted by atomic mass is 19.3. The molecular weight excluding hydrogens is 409 g/mol. The summed E-state index contributed by atoms with van der Waals surface area (Å²) in [5, 5.41) is 0. The van der Waals surface area contributed by atoms with E-state index in [1.807, 2.05) is 0 Å². The van der Waals surface area contributed by atoms with Crippen molar-refractivity contribution in [3.8, 4) is 28.3 Å². The van der Waals surface area contributed by atoms with Gasteiger partial charge in [0, 0.05) is 24.1 Å². The van der Waals surface area contributed by atoms with E-state index in [0.29, 0.717) is 54.1 Å². The Morgan fingerprint density at radius 3 is 2.42 bits per heavy atom. The second-order valence-corrected chi connectivity index (χ2v) is 7.27. The Morgan fingerprint density at radius 1 is 1.03 bits per heavy atom. The van der Waals surface area contributed by atoms with Crippen molar-refractivity contribution in [3.63, 3.8) is 0 Å². The fourth-order valence-corrected chi connectivity index (χ4v) is 3.52. The maximum Gasteiger partial charge on any atom is 0.280 e. The van der Waals surface area contributed by atoms with Crippen LogP contribution in [0.1, 0.15) is 30.7 Å². The summed E-state index contributed by atoms with van der Waals surface area (Å²) >= 11 is 0. The molecule has 0 amide bonds. The van der Waals surface area contributed by atoms with Gasteiger partial charge in [0.05, 0.1) is 24.5 Å². The molecule has 1 aromatic carbocycles. The number of anilines is 1. The van der Waals surface area contributed by atoms with Gasteiger partial charge in [0.15, 0.2) is 0 Å². The molecule has 162 valence electrons. The molecule has 3 heterocycles. The van der Waals surface area contributed by atoms with Crippen LogP contribution in [-0.4, -0.2) is 34.3 Å². The molecular formula is C22H21F3N4O2. The van der Waals surface area contributed by atoms with Crippen molar-refractivity contribution < 1.29 is 22.6 Å². The van der Waals surface area contributed by atoms with Gasteiger partial charge in [-0.3, -0.25) is 4.98 Å². The summed E-state index contributed by atoms with van der Waals surface area (Å²) in [6.07, 6.45) is -1.59. The Hall–Kier alpha value is -3.20. The van der Waals surface area contributed by atoms with Crippen molar-refractivity contribution in [2.45, 2.75) is 32.3 Å². The van der Waals surface area contributed by atoms with Gasteiger partial charge in [-0.15, -0.1) is 0 Å². The third-order valence-corrected chi connectivity index (χ3v) is 4.94. The Balaban J connectivity index is 1.92. The van der Waals surface area contributed by atoms with Crippen LogP contribution < -0.4 is 10.5 Å². The Labute approximate surface area is 177 Å². The Morgan fingerprint density at radius 2 is 1.74 bits per heavy atom. The third kappa shape index (κ3) is 4.77. The first-order valence-corrected chi connectivity index (χ1v) is 9.85. The van der Waals surface area contributed by atoms with Gasteiger partial charge in [-0.25, -0.2) is 18.2 Å². The molecule has 31 heavy (non-hydrogen) atoms. The molecule has 0 bridgehead atoms. The number of halogens is 3. The van der Waals surface area contributed by atoms with Crippen molar-refractivity contribution in [1.82, 2.24) is 15.0 Å². The summed E-state index contributed by atoms with van der Waals surface area (Å²) in [7, 11) is 0. The minimum atomic E-state index is -2.75. The average molecular weight is 430 g/mol. The van der Waals surface area contributed by atoms with Gasteiger partial charge in [-0.05, 0) is 48.9 Å². The normalized spacial score (nSPS) is 14.7. The number of hydrogen-bond donors (Lipinski definition) is 1. The second kappa shape index (κ2) is 8.89. The van der Waals surface area contributed by atoms with Gasteiger partial charge in [-0.1, -0.05) is 0 Å². The maximum atomic E-state index is 13.5. The molecule has 1 aliphatic heterocycles. The Kier molecular flexibility index (Phi) is 6.03. The summed E-state index contributed by atoms with van der Waals surface area (Å²) in [6.45, 7) is 2.73. The van der Waals surface area contributed by atoms with E-state index in [4.69, 9.17) is 15.2 Å². The molecule has 6 nitrogen and oxygen atoms in total. The molecule has 9 heteroatoms. The molecule has 1 fully saturated rings. The lowest BCUT2D eigenvalue weighted by Crippen LogP contribution is -2.26. The summed E-state index contributed by atoms with van der Waals surface area (Å²) in [5.74, 6) is -0.264. The SMILES string of the molecule is Cc1cc(-c2c(OC3CCOCC3)nc(N)nc2-c2ccc(F)cc2)cc(C(F)F)n1. The summed E-state index contributed by atoms with van der Waals surface area (Å²) in [5.41, 5.74) is 7.73. The van der Waals surface area contributed by atoms with Crippen LogP contribution in [0.5, 0.6) is 5.88 Å². The number of nitrogen functional groups attached to an aromatic ring is 1. The number of rotatable bonds is 5. The van der Waals surface area contributed by atoms with E-state index in [1.54, 1.807) is 25.1 Å². The summed E-state index contributed by atoms with van der Waals surface area (Å²) in [6, 6.07) is 8.61. The predicted molar refractivity (Wildman–Crippen MR) is 109 cm³/mol. The smallest absolute Gasteiger partial charge is 0.280 e. The van der Waals surface area contributed by atoms with Gasteiger partial charge in [-0.2, -0.15) is 4.98 Å². The van der Waals surface area contributed by atoms with Crippen LogP contribution in [0.4, 0.5) is 19.1 Å². The molecule has 0 spiro atoms. The largest absolute Gasteiger partial charge is 0.474 e. The molecule has 0 saturated carbocycles. The fourth-order valence-electron chi connectivity index (χ4n) is 3.52. The van der Waals surface area contributed by atoms with Crippen LogP contribution in [0.15, 0.2) is 36.4 Å². The molecule has 4 rings (SSSR count). The molecule has 2 N–H and O–H groups in total. The van der Waals surface area contributed by atoms with Gasteiger partial charge >= 0.3 is 0 Å². The lowest BCUT2D eigenvalue weighted by molar-refractivity contribution is 0.0240. The van der Waals surface area contributed by atoms with Crippen molar-refractivity contribution in [1.29, 1.82) is 0 Å². The summed E-state index contributed by atoms with van der Waals surface area (Å²) < 4.78 is 51.9. The first-order chi connectivity index (χ1) is 14.9. The zero-order chi connectivity index (χ0) is 22.0. The topological polar surface area (TPSA) is 83.2 Å². The molecule has 3 aromatic rings. The highest BCUT2D eigenvalue weighted by molar-refractivity contribution is 5.85. The molecule has 0 aliphatic carbocycles. The molecule has 0 unspecified atom stereocenters. The zero-order valence-electron chi connectivity index (χ0n) is 16.8. The monoisotopic (exact) mass is 430 g/mol. The highest BCUT2D eigenvalue weighted by Gasteiger charge is 2.24. The number of benzene rings is 1. The number of aromatic nitrogens is 3. The van der Waals surface area contributed by atoms with E-state index in [1.165, 1.54) is 18.2 Å². The molecule has 2 aromatic heterocycles. The van der Waals surface area contributed by atoms with Gasteiger partial charge in [0.25, 0.3) is 6.43 Å². The van der Waals surface area contributed by atoms with E-state index in [0.717, 1.165) is 0 Å². The molecule has 1 aliphatic rings. The lowest BCUT2D eigenvalue weighted by atomic mass is 9.99. The number of hydrogen-bond acceptors (Lipinski definition) is 6. The van der Waals surface area contributed by atoms with Crippen molar-refractivity contribution in [3.05, 3.63) is 53.6 Å². The average Bonchev–Trinajstić information content (AvgIpc) is 2.74. The van der Waals surface area contributed by atoms with E-state index in [9.17, 15) is 13.2 Å². The van der Waals surface area contributed by atoms with E-state index in [2.05, 4.69) is 15.0 Å². The Bertz CT molecular complexity index is 1070. The lowest BCUT2D eigenvalue weighted by Gasteiger charge is -2.25. The van der Waals surface area contributed by atoms with Gasteiger partial charge in [0.1, 0.15) is 17.6 Å². The second-order valence-electron chi connectivity index (χ2n) is 7.27. The standard InChI is InChI=1S/C22H21F3N4O2/c1-12-10-14(11-17(27-12)20(24)25)18-19(13-2-4-15(23)5-3-13)28-22(26)29-21(18)31-16-6-8-30-9-7-16/h2-5,10-11,16,20H,6-9H2,1H3,(H2,26,28,29). The summed E-state index contributed by atoms with van der Waals surface area (Å²) in [4.78, 5) is 12.5. The van der Waals surface area contributed by atoms with Crippen LogP contribution >= 0.6 is 0 Å². The quantitative estimate of drug-likeness (QED) is 0.630. The molecule has 1 saturated heterocycles. The number of nitrogens with two attached hydrogens (primary N) is 1. The number of pyridine rings is 1. The van der Waals surface area contributed by atoms with E-state index in [-0.39, 0.29) is 23.6 Å². The number of alkyl halides is 2. The maximum absolute atomic E-state index is 13.5. The van der Waals surface area contributed by atoms with E-state index < -0.39 is 12.2 Å². The molecule has 0 atom stereocenters. The number of ether oxygens (including phenoxy) is 2. The molecule has 0 radical (unpaired) electrons. The predicted octanol–water partition coefficient (Wildman–Crippen LogP) is 4.73. The van der Waals surface area contributed by atoms with Crippen LogP contribution in [-0.2, 0) is 4.74 Å². The van der Waals surface area contributed by atoms with Gasteiger partial charge < -0.3 is 15.2 Å². The van der Waals surface area contributed by atoms with Crippen LogP contribution in [0.3, 0.4) is 0 Å². The number of aryl methyl sites for hydroxylation is 1. The van der Waals surface area contributed by atoms with Crippen LogP contribution in [0, 0.1) is 12.7 Å². The number of nitrogens with zero attached hydrogens (tertiary/aromatic N) is 3. The first-order valence-electron chi connectivity index (χ1n) is 9.85. The van der Waals surface area contributed by atoms with Crippen LogP contribution in [0.25, 0.3) is 22.4 Å². The van der Waals surface area contributed by atoms with Crippen molar-refractivity contribution in [2.75, 3.05) is 18.9 Å². The van der Waals surface area contributed by atoms with E-state index >= 15 is 0 Å². The third-order valence-electron chi connectivity index (χ3n) is 4.94. The minimum Gasteiger partial charge on any atom is -0.474 e. The fraction of sp³-hybridized carbons (Fsp3) is 0.318. The minimum absolute atomic E-state index is 0.0370. The zero-order valence-corrected chi connectivity index (χ0v) is 16.8. The van der Waals surface area contributed by atoms with Crippen LogP contribution in [0.2, 0.25) is 0 Å². The highest BCUT2D eigenvalue weighted by Crippen LogP contribution is 2.39. The van der Waals surface area contributed by atoms with Crippen molar-refractivity contribution >= 4 is 5.95 Å². The van der Waals surface area contributed by atoms with Gasteiger partial charge in [0.2, 0.25) is 11.8 Å². The van der Waals surface area contributed by atoms with Crippen molar-refractivity contribution in [2.24, 2.45) is 0 Å². The first kappa shape index (κ1) is 21.0.